The third kappa shape index (κ3) is 2.33. The van der Waals surface area contributed by atoms with Crippen molar-refractivity contribution in [3.63, 3.8) is 0 Å². The Morgan fingerprint density at radius 1 is 1.32 bits per heavy atom. The predicted molar refractivity (Wildman–Crippen MR) is 73.9 cm³/mol. The van der Waals surface area contributed by atoms with Gasteiger partial charge in [-0.05, 0) is 26.0 Å². The molecule has 0 aliphatic heterocycles. The second kappa shape index (κ2) is 4.86. The maximum atomic E-state index is 14.0. The van der Waals surface area contributed by atoms with E-state index in [1.165, 1.54) is 0 Å². The molecule has 7 heteroatoms. The van der Waals surface area contributed by atoms with Gasteiger partial charge in [-0.3, -0.25) is 0 Å². The Morgan fingerprint density at radius 3 is 2.21 bits per heavy atom. The predicted octanol–water partition coefficient (Wildman–Crippen LogP) is 3.05. The minimum atomic E-state index is -0.801. The second-order valence-electron chi connectivity index (χ2n) is 4.05. The topological polar surface area (TPSA) is 43.8 Å². The summed E-state index contributed by atoms with van der Waals surface area (Å²) in [7, 11) is 0. The van der Waals surface area contributed by atoms with Crippen LogP contribution in [0.1, 0.15) is 17.0 Å². The zero-order valence-corrected chi connectivity index (χ0v) is 11.7. The highest BCUT2D eigenvalue weighted by Crippen LogP contribution is 2.26. The number of benzene rings is 1. The highest BCUT2D eigenvalue weighted by Gasteiger charge is 2.19. The average molecular weight is 302 g/mol. The van der Waals surface area contributed by atoms with E-state index < -0.39 is 11.6 Å². The summed E-state index contributed by atoms with van der Waals surface area (Å²) in [5, 5.41) is 4.39. The summed E-state index contributed by atoms with van der Waals surface area (Å²) < 4.78 is 29.2. The Balaban J connectivity index is 2.69. The standard InChI is InChI=1S/C12H10ClF2N3S/c1-5-10(13)6(2)18(17-5)11-8(14)3-7(12(16)19)4-9(11)15/h3-4H,1-2H3,(H2,16,19). The van der Waals surface area contributed by atoms with Crippen LogP contribution in [0.25, 0.3) is 5.69 Å². The molecule has 0 atom stereocenters. The fourth-order valence-electron chi connectivity index (χ4n) is 1.75. The molecule has 0 spiro atoms. The summed E-state index contributed by atoms with van der Waals surface area (Å²) in [5.41, 5.74) is 6.14. The van der Waals surface area contributed by atoms with E-state index in [0.29, 0.717) is 16.4 Å². The van der Waals surface area contributed by atoms with Gasteiger partial charge in [-0.2, -0.15) is 5.10 Å². The van der Waals surface area contributed by atoms with E-state index in [1.54, 1.807) is 13.8 Å². The molecule has 100 valence electrons. The third-order valence-electron chi connectivity index (χ3n) is 2.72. The number of rotatable bonds is 2. The molecule has 2 aromatic rings. The highest BCUT2D eigenvalue weighted by atomic mass is 35.5. The maximum Gasteiger partial charge on any atom is 0.152 e. The van der Waals surface area contributed by atoms with E-state index in [-0.39, 0.29) is 16.2 Å². The van der Waals surface area contributed by atoms with Crippen LogP contribution in [-0.2, 0) is 0 Å². The summed E-state index contributed by atoms with van der Waals surface area (Å²) in [6.45, 7) is 3.29. The monoisotopic (exact) mass is 301 g/mol. The number of nitrogens with two attached hydrogens (primary N) is 1. The van der Waals surface area contributed by atoms with Crippen molar-refractivity contribution in [3.05, 3.63) is 45.7 Å². The van der Waals surface area contributed by atoms with Gasteiger partial charge in [0.1, 0.15) is 10.7 Å². The van der Waals surface area contributed by atoms with Crippen LogP contribution in [0.4, 0.5) is 8.78 Å². The molecular weight excluding hydrogens is 292 g/mol. The number of aromatic nitrogens is 2. The van der Waals surface area contributed by atoms with Crippen molar-refractivity contribution in [2.24, 2.45) is 5.73 Å². The lowest BCUT2D eigenvalue weighted by molar-refractivity contribution is 0.556. The summed E-state index contributed by atoms with van der Waals surface area (Å²) >= 11 is 10.7. The fourth-order valence-corrected chi connectivity index (χ4v) is 1.99. The molecule has 0 radical (unpaired) electrons. The van der Waals surface area contributed by atoms with E-state index in [4.69, 9.17) is 29.6 Å². The normalized spacial score (nSPS) is 10.8. The molecule has 2 N–H and O–H groups in total. The van der Waals surface area contributed by atoms with Crippen LogP contribution in [0.2, 0.25) is 5.02 Å². The molecule has 3 nitrogen and oxygen atoms in total. The van der Waals surface area contributed by atoms with Crippen LogP contribution in [-0.4, -0.2) is 14.8 Å². The quantitative estimate of drug-likeness (QED) is 0.867. The van der Waals surface area contributed by atoms with Crippen molar-refractivity contribution in [2.75, 3.05) is 0 Å². The zero-order valence-electron chi connectivity index (χ0n) is 10.2. The van der Waals surface area contributed by atoms with Gasteiger partial charge >= 0.3 is 0 Å². The van der Waals surface area contributed by atoms with Crippen LogP contribution in [0.3, 0.4) is 0 Å². The number of hydrogen-bond acceptors (Lipinski definition) is 2. The van der Waals surface area contributed by atoms with Crippen molar-refractivity contribution in [3.8, 4) is 5.69 Å². The number of nitrogens with zero attached hydrogens (tertiary/aromatic N) is 2. The Kier molecular flexibility index (Phi) is 3.56. The van der Waals surface area contributed by atoms with E-state index in [1.807, 2.05) is 0 Å². The van der Waals surface area contributed by atoms with Crippen molar-refractivity contribution >= 4 is 28.8 Å². The highest BCUT2D eigenvalue weighted by molar-refractivity contribution is 7.80. The van der Waals surface area contributed by atoms with E-state index in [0.717, 1.165) is 16.8 Å². The lowest BCUT2D eigenvalue weighted by atomic mass is 10.2. The van der Waals surface area contributed by atoms with Gasteiger partial charge in [0, 0.05) is 5.56 Å². The number of thiocarbonyl (C=S) groups is 1. The molecule has 19 heavy (non-hydrogen) atoms. The molecule has 1 aromatic carbocycles. The molecular formula is C12H10ClF2N3S. The lowest BCUT2D eigenvalue weighted by Gasteiger charge is -2.09. The minimum absolute atomic E-state index is 0.0734. The lowest BCUT2D eigenvalue weighted by Crippen LogP contribution is -2.13. The Morgan fingerprint density at radius 2 is 1.84 bits per heavy atom. The molecule has 0 aliphatic rings. The van der Waals surface area contributed by atoms with Crippen LogP contribution in [0.15, 0.2) is 12.1 Å². The smallest absolute Gasteiger partial charge is 0.152 e. The molecule has 0 saturated carbocycles. The fraction of sp³-hybridized carbons (Fsp3) is 0.167. The SMILES string of the molecule is Cc1nn(-c2c(F)cc(C(N)=S)cc2F)c(C)c1Cl. The molecule has 1 heterocycles. The van der Waals surface area contributed by atoms with E-state index in [9.17, 15) is 8.78 Å². The molecule has 2 rings (SSSR count). The number of aryl methyl sites for hydroxylation is 1. The minimum Gasteiger partial charge on any atom is -0.389 e. The summed E-state index contributed by atoms with van der Waals surface area (Å²) in [4.78, 5) is -0.0734. The zero-order chi connectivity index (χ0) is 14.3. The van der Waals surface area contributed by atoms with E-state index in [2.05, 4.69) is 5.10 Å². The van der Waals surface area contributed by atoms with Crippen LogP contribution < -0.4 is 5.73 Å². The van der Waals surface area contributed by atoms with Gasteiger partial charge in [0.25, 0.3) is 0 Å². The summed E-state index contributed by atoms with van der Waals surface area (Å²) in [5.74, 6) is -1.60. The second-order valence-corrected chi connectivity index (χ2v) is 4.87. The van der Waals surface area contributed by atoms with Crippen molar-refractivity contribution < 1.29 is 8.78 Å². The van der Waals surface area contributed by atoms with Gasteiger partial charge in [-0.15, -0.1) is 0 Å². The first-order valence-electron chi connectivity index (χ1n) is 5.34. The maximum absolute atomic E-state index is 14.0. The average Bonchev–Trinajstić information content (AvgIpc) is 2.56. The number of halogens is 3. The van der Waals surface area contributed by atoms with Crippen LogP contribution in [0, 0.1) is 25.5 Å². The van der Waals surface area contributed by atoms with Crippen molar-refractivity contribution in [1.29, 1.82) is 0 Å². The third-order valence-corrected chi connectivity index (χ3v) is 3.50. The van der Waals surface area contributed by atoms with Crippen molar-refractivity contribution in [2.45, 2.75) is 13.8 Å². The van der Waals surface area contributed by atoms with Gasteiger partial charge in [0.15, 0.2) is 11.6 Å². The summed E-state index contributed by atoms with van der Waals surface area (Å²) in [6.07, 6.45) is 0. The van der Waals surface area contributed by atoms with Gasteiger partial charge in [0.05, 0.1) is 16.4 Å². The molecule has 0 unspecified atom stereocenters. The van der Waals surface area contributed by atoms with E-state index >= 15 is 0 Å². The number of hydrogen-bond donors (Lipinski definition) is 1. The molecule has 0 aliphatic carbocycles. The van der Waals surface area contributed by atoms with Gasteiger partial charge in [-0.25, -0.2) is 13.5 Å². The first-order valence-corrected chi connectivity index (χ1v) is 6.12. The summed E-state index contributed by atoms with van der Waals surface area (Å²) in [6, 6.07) is 2.15. The first kappa shape index (κ1) is 13.9. The van der Waals surface area contributed by atoms with Gasteiger partial charge < -0.3 is 5.73 Å². The molecule has 0 bridgehead atoms. The Bertz CT molecular complexity index is 659. The first-order chi connectivity index (χ1) is 8.82. The molecule has 0 amide bonds. The van der Waals surface area contributed by atoms with Gasteiger partial charge in [0.2, 0.25) is 0 Å². The van der Waals surface area contributed by atoms with Crippen LogP contribution in [0.5, 0.6) is 0 Å². The van der Waals surface area contributed by atoms with Crippen LogP contribution >= 0.6 is 23.8 Å². The van der Waals surface area contributed by atoms with Crippen molar-refractivity contribution in [1.82, 2.24) is 9.78 Å². The molecule has 0 fully saturated rings. The largest absolute Gasteiger partial charge is 0.389 e. The van der Waals surface area contributed by atoms with Gasteiger partial charge in [-0.1, -0.05) is 23.8 Å². The molecule has 0 saturated heterocycles. The molecule has 1 aromatic heterocycles. The Hall–Kier alpha value is -1.53. The Labute approximate surface area is 119 Å².